The van der Waals surface area contributed by atoms with Crippen LogP contribution in [0, 0.1) is 0 Å². The normalized spacial score (nSPS) is 11.6. The molecule has 0 aliphatic rings. The number of amides is 2. The van der Waals surface area contributed by atoms with Crippen molar-refractivity contribution in [1.29, 1.82) is 0 Å². The minimum absolute atomic E-state index is 0.158. The van der Waals surface area contributed by atoms with E-state index in [1.807, 2.05) is 60.0 Å². The monoisotopic (exact) mass is 365 g/mol. The van der Waals surface area contributed by atoms with E-state index in [4.69, 9.17) is 0 Å². The lowest BCUT2D eigenvalue weighted by Gasteiger charge is -2.18. The zero-order chi connectivity index (χ0) is 18.4. The summed E-state index contributed by atoms with van der Waals surface area (Å²) < 4.78 is 0. The van der Waals surface area contributed by atoms with E-state index in [-0.39, 0.29) is 24.3 Å². The van der Waals surface area contributed by atoms with Gasteiger partial charge in [-0.05, 0) is 29.8 Å². The molecule has 132 valence electrons. The van der Waals surface area contributed by atoms with E-state index >= 15 is 0 Å². The second-order valence-electron chi connectivity index (χ2n) is 5.83. The molecule has 2 amide bonds. The first-order valence-electron chi connectivity index (χ1n) is 8.23. The van der Waals surface area contributed by atoms with Crippen LogP contribution in [0.5, 0.6) is 0 Å². The highest BCUT2D eigenvalue weighted by molar-refractivity contribution is 7.13. The van der Waals surface area contributed by atoms with Gasteiger partial charge in [-0.2, -0.15) is 0 Å². The number of hydrogen-bond acceptors (Lipinski definition) is 4. The molecule has 3 rings (SSSR count). The smallest absolute Gasteiger partial charge is 0.226 e. The van der Waals surface area contributed by atoms with Crippen molar-refractivity contribution in [2.75, 3.05) is 5.32 Å². The third-order valence-electron chi connectivity index (χ3n) is 3.82. The molecular formula is C20H19N3O2S. The van der Waals surface area contributed by atoms with E-state index in [1.54, 1.807) is 17.5 Å². The molecule has 2 aromatic carbocycles. The van der Waals surface area contributed by atoms with Crippen molar-refractivity contribution in [3.05, 3.63) is 71.7 Å². The number of nitrogens with zero attached hydrogens (tertiary/aromatic N) is 1. The summed E-state index contributed by atoms with van der Waals surface area (Å²) in [5.74, 6) is -0.325. The molecule has 1 aromatic heterocycles. The Hall–Kier alpha value is -2.99. The SMILES string of the molecule is CC(=O)N[C@@H](CC(=O)Nc1ccc(-c2nccs2)cc1)c1ccccc1. The number of carbonyl (C=O) groups excluding carboxylic acids is 2. The van der Waals surface area contributed by atoms with Crippen molar-refractivity contribution < 1.29 is 9.59 Å². The quantitative estimate of drug-likeness (QED) is 0.693. The van der Waals surface area contributed by atoms with Crippen molar-refractivity contribution in [3.63, 3.8) is 0 Å². The molecule has 0 aliphatic carbocycles. The minimum Gasteiger partial charge on any atom is -0.349 e. The lowest BCUT2D eigenvalue weighted by Crippen LogP contribution is -2.29. The minimum atomic E-state index is -0.358. The van der Waals surface area contributed by atoms with Crippen LogP contribution < -0.4 is 10.6 Å². The van der Waals surface area contributed by atoms with Crippen LogP contribution >= 0.6 is 11.3 Å². The third-order valence-corrected chi connectivity index (χ3v) is 4.64. The Bertz CT molecular complexity index is 862. The van der Waals surface area contributed by atoms with Crippen LogP contribution in [0.15, 0.2) is 66.2 Å². The van der Waals surface area contributed by atoms with Gasteiger partial charge in [0, 0.05) is 29.8 Å². The van der Waals surface area contributed by atoms with Gasteiger partial charge in [-0.1, -0.05) is 30.3 Å². The van der Waals surface area contributed by atoms with Gasteiger partial charge < -0.3 is 10.6 Å². The predicted molar refractivity (Wildman–Crippen MR) is 104 cm³/mol. The standard InChI is InChI=1S/C20H19N3O2S/c1-14(24)22-18(15-5-3-2-4-6-15)13-19(25)23-17-9-7-16(8-10-17)20-21-11-12-26-20/h2-12,18H,13H2,1H3,(H,22,24)(H,23,25)/t18-/m0/s1. The van der Waals surface area contributed by atoms with Crippen molar-refractivity contribution in [3.8, 4) is 10.6 Å². The van der Waals surface area contributed by atoms with Gasteiger partial charge in [0.15, 0.2) is 0 Å². The lowest BCUT2D eigenvalue weighted by molar-refractivity contribution is -0.120. The van der Waals surface area contributed by atoms with Crippen molar-refractivity contribution in [2.45, 2.75) is 19.4 Å². The van der Waals surface area contributed by atoms with E-state index < -0.39 is 0 Å². The Kier molecular flexibility index (Phi) is 5.76. The molecule has 0 spiro atoms. The number of rotatable bonds is 6. The molecule has 0 unspecified atom stereocenters. The summed E-state index contributed by atoms with van der Waals surface area (Å²) in [5, 5.41) is 8.58. The fraction of sp³-hybridized carbons (Fsp3) is 0.150. The maximum absolute atomic E-state index is 12.4. The Morgan fingerprint density at radius 1 is 1.08 bits per heavy atom. The Morgan fingerprint density at radius 3 is 2.42 bits per heavy atom. The van der Waals surface area contributed by atoms with Gasteiger partial charge in [-0.15, -0.1) is 11.3 Å². The molecule has 0 radical (unpaired) electrons. The van der Waals surface area contributed by atoms with Gasteiger partial charge in [0.05, 0.1) is 12.5 Å². The van der Waals surface area contributed by atoms with E-state index in [0.29, 0.717) is 5.69 Å². The molecule has 1 heterocycles. The summed E-state index contributed by atoms with van der Waals surface area (Å²) in [6, 6.07) is 16.7. The second kappa shape index (κ2) is 8.40. The van der Waals surface area contributed by atoms with Gasteiger partial charge in [-0.25, -0.2) is 4.98 Å². The molecule has 0 fully saturated rings. The highest BCUT2D eigenvalue weighted by Gasteiger charge is 2.17. The summed E-state index contributed by atoms with van der Waals surface area (Å²) in [5.41, 5.74) is 2.63. The van der Waals surface area contributed by atoms with Gasteiger partial charge in [0.1, 0.15) is 5.01 Å². The molecule has 1 atom stereocenters. The topological polar surface area (TPSA) is 71.1 Å². The van der Waals surface area contributed by atoms with Gasteiger partial charge in [0.2, 0.25) is 11.8 Å². The molecule has 6 heteroatoms. The van der Waals surface area contributed by atoms with Gasteiger partial charge >= 0.3 is 0 Å². The number of hydrogen-bond donors (Lipinski definition) is 2. The first-order chi connectivity index (χ1) is 12.6. The summed E-state index contributed by atoms with van der Waals surface area (Å²) in [6.45, 7) is 1.45. The Labute approximate surface area is 156 Å². The molecule has 0 saturated heterocycles. The van der Waals surface area contributed by atoms with Crippen molar-refractivity contribution >= 4 is 28.8 Å². The van der Waals surface area contributed by atoms with E-state index in [0.717, 1.165) is 16.1 Å². The van der Waals surface area contributed by atoms with Crippen molar-refractivity contribution in [1.82, 2.24) is 10.3 Å². The largest absolute Gasteiger partial charge is 0.349 e. The first-order valence-corrected chi connectivity index (χ1v) is 9.11. The van der Waals surface area contributed by atoms with Gasteiger partial charge in [-0.3, -0.25) is 9.59 Å². The molecule has 0 bridgehead atoms. The maximum Gasteiger partial charge on any atom is 0.226 e. The number of anilines is 1. The van der Waals surface area contributed by atoms with E-state index in [9.17, 15) is 9.59 Å². The highest BCUT2D eigenvalue weighted by Crippen LogP contribution is 2.24. The Morgan fingerprint density at radius 2 is 1.81 bits per heavy atom. The lowest BCUT2D eigenvalue weighted by atomic mass is 10.0. The summed E-state index contributed by atoms with van der Waals surface area (Å²) in [7, 11) is 0. The summed E-state index contributed by atoms with van der Waals surface area (Å²) >= 11 is 1.57. The highest BCUT2D eigenvalue weighted by atomic mass is 32.1. The predicted octanol–water partition coefficient (Wildman–Crippen LogP) is 4.02. The first kappa shape index (κ1) is 17.8. The van der Waals surface area contributed by atoms with Crippen LogP contribution in [0.3, 0.4) is 0 Å². The van der Waals surface area contributed by atoms with E-state index in [1.165, 1.54) is 6.92 Å². The number of aromatic nitrogens is 1. The molecular weight excluding hydrogens is 346 g/mol. The van der Waals surface area contributed by atoms with Crippen LogP contribution in [0.25, 0.3) is 10.6 Å². The zero-order valence-electron chi connectivity index (χ0n) is 14.3. The average Bonchev–Trinajstić information content (AvgIpc) is 3.17. The van der Waals surface area contributed by atoms with E-state index in [2.05, 4.69) is 15.6 Å². The van der Waals surface area contributed by atoms with Crippen LogP contribution in [0.2, 0.25) is 0 Å². The fourth-order valence-electron chi connectivity index (χ4n) is 2.64. The molecule has 2 N–H and O–H groups in total. The van der Waals surface area contributed by atoms with Gasteiger partial charge in [0.25, 0.3) is 0 Å². The second-order valence-corrected chi connectivity index (χ2v) is 6.73. The average molecular weight is 365 g/mol. The number of carbonyl (C=O) groups is 2. The van der Waals surface area contributed by atoms with Crippen LogP contribution in [-0.4, -0.2) is 16.8 Å². The molecule has 5 nitrogen and oxygen atoms in total. The summed E-state index contributed by atoms with van der Waals surface area (Å²) in [6.07, 6.45) is 1.93. The number of nitrogens with one attached hydrogen (secondary N) is 2. The molecule has 0 saturated carbocycles. The maximum atomic E-state index is 12.4. The molecule has 0 aliphatic heterocycles. The fourth-order valence-corrected chi connectivity index (χ4v) is 3.29. The number of thiazole rings is 1. The van der Waals surface area contributed by atoms with Crippen LogP contribution in [0.4, 0.5) is 5.69 Å². The van der Waals surface area contributed by atoms with Crippen LogP contribution in [-0.2, 0) is 9.59 Å². The van der Waals surface area contributed by atoms with Crippen molar-refractivity contribution in [2.24, 2.45) is 0 Å². The third kappa shape index (κ3) is 4.77. The van der Waals surface area contributed by atoms with Crippen LogP contribution in [0.1, 0.15) is 24.9 Å². The summed E-state index contributed by atoms with van der Waals surface area (Å²) in [4.78, 5) is 28.2. The molecule has 3 aromatic rings. The Balaban J connectivity index is 1.65. The molecule has 26 heavy (non-hydrogen) atoms. The zero-order valence-corrected chi connectivity index (χ0v) is 15.1. The number of benzene rings is 2.